The van der Waals surface area contributed by atoms with Gasteiger partial charge in [0, 0.05) is 19.1 Å². The second-order valence-electron chi connectivity index (χ2n) is 3.51. The summed E-state index contributed by atoms with van der Waals surface area (Å²) in [5, 5.41) is 8.83. The zero-order chi connectivity index (χ0) is 11.3. The van der Waals surface area contributed by atoms with Gasteiger partial charge in [-0.3, -0.25) is 4.90 Å². The third kappa shape index (κ3) is 3.27. The first-order valence-electron chi connectivity index (χ1n) is 4.95. The Kier molecular flexibility index (Phi) is 4.68. The molecule has 3 N–H and O–H groups in total. The molecular formula is C11H17FN2O. The predicted molar refractivity (Wildman–Crippen MR) is 57.9 cm³/mol. The summed E-state index contributed by atoms with van der Waals surface area (Å²) in [5.74, 6) is -0.251. The highest BCUT2D eigenvalue weighted by Gasteiger charge is 2.14. The highest BCUT2D eigenvalue weighted by Crippen LogP contribution is 2.17. The van der Waals surface area contributed by atoms with Gasteiger partial charge in [0.1, 0.15) is 5.82 Å². The Morgan fingerprint density at radius 3 is 2.47 bits per heavy atom. The van der Waals surface area contributed by atoms with E-state index >= 15 is 0 Å². The molecule has 1 rings (SSSR count). The molecule has 0 spiro atoms. The normalized spacial score (nSPS) is 13.1. The third-order valence-corrected chi connectivity index (χ3v) is 2.46. The first-order chi connectivity index (χ1) is 7.19. The number of likely N-dealkylation sites (N-methyl/N-ethyl adjacent to an activating group) is 1. The zero-order valence-corrected chi connectivity index (χ0v) is 8.86. The Morgan fingerprint density at radius 1 is 1.40 bits per heavy atom. The molecule has 0 bridgehead atoms. The molecule has 3 nitrogen and oxygen atoms in total. The third-order valence-electron chi connectivity index (χ3n) is 2.46. The van der Waals surface area contributed by atoms with Crippen LogP contribution in [0, 0.1) is 5.82 Å². The number of aliphatic hydroxyl groups is 1. The molecule has 15 heavy (non-hydrogen) atoms. The Balaban J connectivity index is 2.77. The maximum absolute atomic E-state index is 12.7. The van der Waals surface area contributed by atoms with Crippen LogP contribution in [-0.4, -0.2) is 36.8 Å². The first kappa shape index (κ1) is 12.1. The van der Waals surface area contributed by atoms with E-state index in [1.807, 2.05) is 11.9 Å². The van der Waals surface area contributed by atoms with Gasteiger partial charge in [-0.15, -0.1) is 0 Å². The fraction of sp³-hybridized carbons (Fsp3) is 0.455. The Labute approximate surface area is 89.3 Å². The van der Waals surface area contributed by atoms with Crippen LogP contribution >= 0.6 is 0 Å². The average Bonchev–Trinajstić information content (AvgIpc) is 2.22. The standard InChI is InChI=1S/C11H17FN2O/c1-14(6-7-15)11(8-13)9-2-4-10(12)5-3-9/h2-5,11,15H,6-8,13H2,1H3. The van der Waals surface area contributed by atoms with Crippen molar-refractivity contribution < 1.29 is 9.50 Å². The van der Waals surface area contributed by atoms with E-state index in [-0.39, 0.29) is 18.5 Å². The van der Waals surface area contributed by atoms with Crippen molar-refractivity contribution in [3.8, 4) is 0 Å². The number of aliphatic hydroxyl groups excluding tert-OH is 1. The van der Waals surface area contributed by atoms with Crippen molar-refractivity contribution in [1.29, 1.82) is 0 Å². The summed E-state index contributed by atoms with van der Waals surface area (Å²) >= 11 is 0. The lowest BCUT2D eigenvalue weighted by Gasteiger charge is -2.26. The second kappa shape index (κ2) is 5.80. The molecule has 0 aliphatic heterocycles. The summed E-state index contributed by atoms with van der Waals surface area (Å²) in [6, 6.07) is 6.31. The number of nitrogens with two attached hydrogens (primary N) is 1. The quantitative estimate of drug-likeness (QED) is 0.757. The van der Waals surface area contributed by atoms with Crippen LogP contribution in [0.25, 0.3) is 0 Å². The number of hydrogen-bond donors (Lipinski definition) is 2. The van der Waals surface area contributed by atoms with E-state index in [0.717, 1.165) is 5.56 Å². The van der Waals surface area contributed by atoms with Gasteiger partial charge in [0.2, 0.25) is 0 Å². The van der Waals surface area contributed by atoms with Crippen molar-refractivity contribution in [2.24, 2.45) is 5.73 Å². The summed E-state index contributed by atoms with van der Waals surface area (Å²) in [7, 11) is 1.89. The van der Waals surface area contributed by atoms with Gasteiger partial charge in [-0.05, 0) is 24.7 Å². The molecule has 0 fully saturated rings. The van der Waals surface area contributed by atoms with Crippen LogP contribution in [0.4, 0.5) is 4.39 Å². The van der Waals surface area contributed by atoms with Crippen molar-refractivity contribution in [3.63, 3.8) is 0 Å². The fourth-order valence-corrected chi connectivity index (χ4v) is 1.57. The van der Waals surface area contributed by atoms with Crippen molar-refractivity contribution in [2.75, 3.05) is 26.7 Å². The summed E-state index contributed by atoms with van der Waals surface area (Å²) in [5.41, 5.74) is 6.62. The van der Waals surface area contributed by atoms with Gasteiger partial charge in [-0.2, -0.15) is 0 Å². The molecule has 84 valence electrons. The summed E-state index contributed by atoms with van der Waals surface area (Å²) in [6.07, 6.45) is 0. The topological polar surface area (TPSA) is 49.5 Å². The molecule has 0 amide bonds. The van der Waals surface area contributed by atoms with Crippen molar-refractivity contribution in [3.05, 3.63) is 35.6 Å². The fourth-order valence-electron chi connectivity index (χ4n) is 1.57. The van der Waals surface area contributed by atoms with Gasteiger partial charge in [-0.25, -0.2) is 4.39 Å². The maximum atomic E-state index is 12.7. The van der Waals surface area contributed by atoms with Crippen LogP contribution in [0.2, 0.25) is 0 Å². The molecule has 1 aromatic rings. The minimum atomic E-state index is -0.251. The molecule has 0 radical (unpaired) electrons. The summed E-state index contributed by atoms with van der Waals surface area (Å²) in [6.45, 7) is 1.09. The maximum Gasteiger partial charge on any atom is 0.123 e. The lowest BCUT2D eigenvalue weighted by molar-refractivity contribution is 0.183. The van der Waals surface area contributed by atoms with Gasteiger partial charge < -0.3 is 10.8 Å². The Bertz CT molecular complexity index is 289. The molecule has 0 aromatic heterocycles. The number of hydrogen-bond acceptors (Lipinski definition) is 3. The summed E-state index contributed by atoms with van der Waals surface area (Å²) < 4.78 is 12.7. The van der Waals surface area contributed by atoms with E-state index in [1.54, 1.807) is 12.1 Å². The SMILES string of the molecule is CN(CCO)C(CN)c1ccc(F)cc1. The summed E-state index contributed by atoms with van der Waals surface area (Å²) in [4.78, 5) is 1.95. The molecular weight excluding hydrogens is 195 g/mol. The zero-order valence-electron chi connectivity index (χ0n) is 8.86. The van der Waals surface area contributed by atoms with Crippen LogP contribution in [0.1, 0.15) is 11.6 Å². The van der Waals surface area contributed by atoms with Crippen LogP contribution in [0.3, 0.4) is 0 Å². The van der Waals surface area contributed by atoms with Gasteiger partial charge in [-0.1, -0.05) is 12.1 Å². The molecule has 0 aliphatic rings. The van der Waals surface area contributed by atoms with Crippen molar-refractivity contribution in [1.82, 2.24) is 4.90 Å². The molecule has 0 aliphatic carbocycles. The molecule has 1 unspecified atom stereocenters. The lowest BCUT2D eigenvalue weighted by atomic mass is 10.1. The van der Waals surface area contributed by atoms with E-state index in [1.165, 1.54) is 12.1 Å². The largest absolute Gasteiger partial charge is 0.395 e. The van der Waals surface area contributed by atoms with Crippen LogP contribution in [-0.2, 0) is 0 Å². The predicted octanol–water partition coefficient (Wildman–Crippen LogP) is 0.750. The van der Waals surface area contributed by atoms with E-state index in [4.69, 9.17) is 10.8 Å². The molecule has 0 saturated carbocycles. The number of rotatable bonds is 5. The lowest BCUT2D eigenvalue weighted by Crippen LogP contribution is -2.32. The van der Waals surface area contributed by atoms with Gasteiger partial charge in [0.05, 0.1) is 6.61 Å². The number of nitrogens with zero attached hydrogens (tertiary/aromatic N) is 1. The van der Waals surface area contributed by atoms with Crippen molar-refractivity contribution >= 4 is 0 Å². The Hall–Kier alpha value is -0.970. The molecule has 0 saturated heterocycles. The number of halogens is 1. The molecule has 4 heteroatoms. The minimum absolute atomic E-state index is 0.0257. The van der Waals surface area contributed by atoms with Crippen LogP contribution in [0.5, 0.6) is 0 Å². The first-order valence-corrected chi connectivity index (χ1v) is 4.95. The number of benzene rings is 1. The van der Waals surface area contributed by atoms with Crippen LogP contribution in [0.15, 0.2) is 24.3 Å². The van der Waals surface area contributed by atoms with Gasteiger partial charge >= 0.3 is 0 Å². The van der Waals surface area contributed by atoms with E-state index in [9.17, 15) is 4.39 Å². The smallest absolute Gasteiger partial charge is 0.123 e. The van der Waals surface area contributed by atoms with Gasteiger partial charge in [0.25, 0.3) is 0 Å². The van der Waals surface area contributed by atoms with Crippen molar-refractivity contribution in [2.45, 2.75) is 6.04 Å². The molecule has 0 heterocycles. The van der Waals surface area contributed by atoms with Gasteiger partial charge in [0.15, 0.2) is 0 Å². The highest BCUT2D eigenvalue weighted by molar-refractivity contribution is 5.20. The van der Waals surface area contributed by atoms with E-state index in [0.29, 0.717) is 13.1 Å². The average molecular weight is 212 g/mol. The van der Waals surface area contributed by atoms with E-state index < -0.39 is 0 Å². The monoisotopic (exact) mass is 212 g/mol. The van der Waals surface area contributed by atoms with E-state index in [2.05, 4.69) is 0 Å². The Morgan fingerprint density at radius 2 is 2.00 bits per heavy atom. The molecule has 1 atom stereocenters. The molecule has 1 aromatic carbocycles. The highest BCUT2D eigenvalue weighted by atomic mass is 19.1. The minimum Gasteiger partial charge on any atom is -0.395 e. The second-order valence-corrected chi connectivity index (χ2v) is 3.51. The van der Waals surface area contributed by atoms with Crippen LogP contribution < -0.4 is 5.73 Å².